The number of hydrogen-bond donors (Lipinski definition) is 2. The largest absolute Gasteiger partial charge is 0.495 e. The molecule has 0 bridgehead atoms. The lowest BCUT2D eigenvalue weighted by Gasteiger charge is -2.12. The summed E-state index contributed by atoms with van der Waals surface area (Å²) in [5, 5.41) is 8.10. The molecule has 2 amide bonds. The van der Waals surface area contributed by atoms with Crippen molar-refractivity contribution in [2.75, 3.05) is 17.7 Å². The van der Waals surface area contributed by atoms with Gasteiger partial charge in [-0.2, -0.15) is 0 Å². The average Bonchev–Trinajstić information content (AvgIpc) is 3.13. The highest BCUT2D eigenvalue weighted by molar-refractivity contribution is 8.00. The standard InChI is InChI=1S/C21H20ClN3O3S2/c1-13(26)23-16-6-7-19(28-2)18(9-16)25-20(27)10-17-12-30-21(24-17)29-11-14-4-3-5-15(22)8-14/h3-9,12H,10-11H2,1-2H3,(H,23,26)(H,25,27). The number of thioether (sulfide) groups is 1. The highest BCUT2D eigenvalue weighted by Gasteiger charge is 2.12. The van der Waals surface area contributed by atoms with Crippen LogP contribution in [0.3, 0.4) is 0 Å². The molecule has 0 saturated carbocycles. The molecule has 0 unspecified atom stereocenters. The number of carbonyl (C=O) groups is 2. The van der Waals surface area contributed by atoms with Gasteiger partial charge in [0.2, 0.25) is 11.8 Å². The van der Waals surface area contributed by atoms with Crippen LogP contribution in [0.5, 0.6) is 5.75 Å². The van der Waals surface area contributed by atoms with Gasteiger partial charge < -0.3 is 15.4 Å². The van der Waals surface area contributed by atoms with Gasteiger partial charge in [-0.05, 0) is 35.9 Å². The van der Waals surface area contributed by atoms with E-state index in [0.29, 0.717) is 27.8 Å². The molecular formula is C21H20ClN3O3S2. The molecule has 30 heavy (non-hydrogen) atoms. The summed E-state index contributed by atoms with van der Waals surface area (Å²) < 4.78 is 6.18. The Labute approximate surface area is 188 Å². The first-order valence-electron chi connectivity index (χ1n) is 9.00. The molecule has 0 aliphatic heterocycles. The van der Waals surface area contributed by atoms with Gasteiger partial charge in [0, 0.05) is 28.8 Å². The zero-order chi connectivity index (χ0) is 21.5. The van der Waals surface area contributed by atoms with E-state index in [-0.39, 0.29) is 18.2 Å². The van der Waals surface area contributed by atoms with E-state index in [4.69, 9.17) is 16.3 Å². The third-order valence-corrected chi connectivity index (χ3v) is 6.29. The Bertz CT molecular complexity index is 1060. The summed E-state index contributed by atoms with van der Waals surface area (Å²) in [6.07, 6.45) is 0.141. The van der Waals surface area contributed by atoms with Crippen LogP contribution in [0.1, 0.15) is 18.2 Å². The minimum atomic E-state index is -0.218. The Hall–Kier alpha value is -2.55. The summed E-state index contributed by atoms with van der Waals surface area (Å²) in [4.78, 5) is 28.3. The molecule has 0 saturated heterocycles. The number of rotatable bonds is 8. The number of halogens is 1. The van der Waals surface area contributed by atoms with Gasteiger partial charge in [0.25, 0.3) is 0 Å². The molecule has 3 rings (SSSR count). The maximum absolute atomic E-state index is 12.5. The van der Waals surface area contributed by atoms with Crippen molar-refractivity contribution in [3.63, 3.8) is 0 Å². The highest BCUT2D eigenvalue weighted by Crippen LogP contribution is 2.29. The first kappa shape index (κ1) is 22.1. The van der Waals surface area contributed by atoms with Crippen molar-refractivity contribution >= 4 is 57.9 Å². The minimum absolute atomic E-state index is 0.141. The second-order valence-electron chi connectivity index (χ2n) is 6.34. The van der Waals surface area contributed by atoms with Crippen molar-refractivity contribution in [3.8, 4) is 5.75 Å². The Kier molecular flexibility index (Phi) is 7.73. The molecule has 156 valence electrons. The van der Waals surface area contributed by atoms with Gasteiger partial charge in [-0.15, -0.1) is 11.3 Å². The maximum Gasteiger partial charge on any atom is 0.230 e. The van der Waals surface area contributed by atoms with Crippen LogP contribution in [0.4, 0.5) is 11.4 Å². The zero-order valence-electron chi connectivity index (χ0n) is 16.4. The van der Waals surface area contributed by atoms with E-state index in [9.17, 15) is 9.59 Å². The van der Waals surface area contributed by atoms with Crippen molar-refractivity contribution in [3.05, 3.63) is 64.1 Å². The second-order valence-corrected chi connectivity index (χ2v) is 8.86. The van der Waals surface area contributed by atoms with Gasteiger partial charge in [0.1, 0.15) is 10.1 Å². The number of methoxy groups -OCH3 is 1. The van der Waals surface area contributed by atoms with Gasteiger partial charge >= 0.3 is 0 Å². The number of nitrogens with zero attached hydrogens (tertiary/aromatic N) is 1. The fraction of sp³-hybridized carbons (Fsp3) is 0.190. The first-order valence-corrected chi connectivity index (χ1v) is 11.2. The molecule has 2 N–H and O–H groups in total. The first-order chi connectivity index (χ1) is 14.4. The summed E-state index contributed by atoms with van der Waals surface area (Å²) in [6.45, 7) is 1.42. The summed E-state index contributed by atoms with van der Waals surface area (Å²) in [6, 6.07) is 12.8. The van der Waals surface area contributed by atoms with Crippen LogP contribution >= 0.6 is 34.7 Å². The van der Waals surface area contributed by atoms with E-state index < -0.39 is 0 Å². The molecule has 1 heterocycles. The molecule has 2 aromatic carbocycles. The van der Waals surface area contributed by atoms with Crippen LogP contribution in [0.15, 0.2) is 52.2 Å². The van der Waals surface area contributed by atoms with Crippen LogP contribution in [-0.4, -0.2) is 23.9 Å². The van der Waals surface area contributed by atoms with E-state index >= 15 is 0 Å². The number of aromatic nitrogens is 1. The SMILES string of the molecule is COc1ccc(NC(C)=O)cc1NC(=O)Cc1csc(SCc2cccc(Cl)c2)n1. The molecule has 0 spiro atoms. The van der Waals surface area contributed by atoms with Crippen molar-refractivity contribution in [2.45, 2.75) is 23.4 Å². The number of amides is 2. The van der Waals surface area contributed by atoms with Gasteiger partial charge in [0.05, 0.1) is 24.9 Å². The maximum atomic E-state index is 12.5. The fourth-order valence-electron chi connectivity index (χ4n) is 2.65. The predicted molar refractivity (Wildman–Crippen MR) is 123 cm³/mol. The molecule has 0 atom stereocenters. The monoisotopic (exact) mass is 461 g/mol. The number of carbonyl (C=O) groups excluding carboxylic acids is 2. The number of benzene rings is 2. The number of ether oxygens (including phenoxy) is 1. The molecule has 0 radical (unpaired) electrons. The van der Waals surface area contributed by atoms with Crippen molar-refractivity contribution < 1.29 is 14.3 Å². The quantitative estimate of drug-likeness (QED) is 0.448. The third kappa shape index (κ3) is 6.48. The van der Waals surface area contributed by atoms with E-state index in [2.05, 4.69) is 15.6 Å². The summed E-state index contributed by atoms with van der Waals surface area (Å²) >= 11 is 9.12. The Morgan fingerprint density at radius 2 is 2.03 bits per heavy atom. The molecule has 1 aromatic heterocycles. The molecule has 9 heteroatoms. The zero-order valence-corrected chi connectivity index (χ0v) is 18.8. The van der Waals surface area contributed by atoms with Crippen molar-refractivity contribution in [2.24, 2.45) is 0 Å². The average molecular weight is 462 g/mol. The third-order valence-electron chi connectivity index (χ3n) is 3.92. The molecule has 6 nitrogen and oxygen atoms in total. The second kappa shape index (κ2) is 10.5. The van der Waals surface area contributed by atoms with Crippen LogP contribution in [0.2, 0.25) is 5.02 Å². The van der Waals surface area contributed by atoms with Crippen LogP contribution in [0.25, 0.3) is 0 Å². The number of nitrogens with one attached hydrogen (secondary N) is 2. The van der Waals surface area contributed by atoms with Gasteiger partial charge in [-0.1, -0.05) is 35.5 Å². The fourth-order valence-corrected chi connectivity index (χ4v) is 4.65. The summed E-state index contributed by atoms with van der Waals surface area (Å²) in [5.74, 6) is 0.855. The molecule has 0 aliphatic carbocycles. The van der Waals surface area contributed by atoms with E-state index in [1.807, 2.05) is 29.6 Å². The lowest BCUT2D eigenvalue weighted by atomic mass is 10.2. The van der Waals surface area contributed by atoms with Crippen molar-refractivity contribution in [1.82, 2.24) is 4.98 Å². The van der Waals surface area contributed by atoms with E-state index in [1.165, 1.54) is 25.4 Å². The Morgan fingerprint density at radius 1 is 1.20 bits per heavy atom. The minimum Gasteiger partial charge on any atom is -0.495 e. The van der Waals surface area contributed by atoms with Crippen molar-refractivity contribution in [1.29, 1.82) is 0 Å². The van der Waals surface area contributed by atoms with E-state index in [0.717, 1.165) is 15.7 Å². The molecule has 3 aromatic rings. The molecular weight excluding hydrogens is 442 g/mol. The molecule has 0 fully saturated rings. The summed E-state index contributed by atoms with van der Waals surface area (Å²) in [7, 11) is 1.52. The predicted octanol–water partition coefficient (Wildman–Crippen LogP) is 5.24. The van der Waals surface area contributed by atoms with Crippen LogP contribution in [0, 0.1) is 0 Å². The lowest BCUT2D eigenvalue weighted by molar-refractivity contribution is -0.116. The Morgan fingerprint density at radius 3 is 2.77 bits per heavy atom. The molecule has 0 aliphatic rings. The van der Waals surface area contributed by atoms with Crippen LogP contribution in [-0.2, 0) is 21.8 Å². The number of anilines is 2. The highest BCUT2D eigenvalue weighted by atomic mass is 35.5. The lowest BCUT2D eigenvalue weighted by Crippen LogP contribution is -2.15. The van der Waals surface area contributed by atoms with Gasteiger partial charge in [0.15, 0.2) is 0 Å². The van der Waals surface area contributed by atoms with E-state index in [1.54, 1.807) is 30.0 Å². The van der Waals surface area contributed by atoms with Gasteiger partial charge in [-0.3, -0.25) is 9.59 Å². The summed E-state index contributed by atoms with van der Waals surface area (Å²) in [5.41, 5.74) is 2.88. The Balaban J connectivity index is 1.59. The van der Waals surface area contributed by atoms with Crippen LogP contribution < -0.4 is 15.4 Å². The smallest absolute Gasteiger partial charge is 0.230 e. The topological polar surface area (TPSA) is 80.3 Å². The van der Waals surface area contributed by atoms with Gasteiger partial charge in [-0.25, -0.2) is 4.98 Å². The number of hydrogen-bond acceptors (Lipinski definition) is 6. The normalized spacial score (nSPS) is 10.5. The number of thiazole rings is 1.